The number of benzene rings is 2. The fraction of sp³-hybridized carbons (Fsp3) is 0.333. The smallest absolute Gasteiger partial charge is 0.230 e. The molecule has 0 saturated carbocycles. The van der Waals surface area contributed by atoms with E-state index in [2.05, 4.69) is 17.4 Å². The number of amides is 2. The molecule has 1 heterocycles. The maximum atomic E-state index is 12.3. The van der Waals surface area contributed by atoms with Crippen molar-refractivity contribution in [3.8, 4) is 0 Å². The van der Waals surface area contributed by atoms with Crippen LogP contribution in [-0.2, 0) is 15.3 Å². The van der Waals surface area contributed by atoms with Gasteiger partial charge >= 0.3 is 0 Å². The molecular weight excluding hydrogens is 344 g/mol. The third-order valence-corrected chi connectivity index (χ3v) is 5.49. The summed E-state index contributed by atoms with van der Waals surface area (Å²) in [5, 5.41) is 2.97. The Bertz CT molecular complexity index is 746. The van der Waals surface area contributed by atoms with Crippen LogP contribution in [0.2, 0.25) is 0 Å². The lowest BCUT2D eigenvalue weighted by atomic mass is 10.1. The summed E-state index contributed by atoms with van der Waals surface area (Å²) in [5.74, 6) is 1.61. The average Bonchev–Trinajstić information content (AvgIpc) is 3.02. The van der Waals surface area contributed by atoms with Crippen LogP contribution in [0, 0.1) is 12.8 Å². The molecule has 2 amide bonds. The number of thioether (sulfide) groups is 1. The second kappa shape index (κ2) is 8.90. The van der Waals surface area contributed by atoms with Crippen LogP contribution in [0.5, 0.6) is 0 Å². The Kier molecular flexibility index (Phi) is 6.34. The lowest BCUT2D eigenvalue weighted by molar-refractivity contribution is -0.119. The first-order valence-corrected chi connectivity index (χ1v) is 10.0. The van der Waals surface area contributed by atoms with Crippen molar-refractivity contribution in [2.75, 3.05) is 23.7 Å². The summed E-state index contributed by atoms with van der Waals surface area (Å²) in [6, 6.07) is 18.1. The molecule has 1 saturated heterocycles. The van der Waals surface area contributed by atoms with E-state index in [0.717, 1.165) is 11.4 Å². The molecule has 1 N–H and O–H groups in total. The first-order valence-electron chi connectivity index (χ1n) is 8.87. The van der Waals surface area contributed by atoms with E-state index in [1.807, 2.05) is 54.3 Å². The van der Waals surface area contributed by atoms with E-state index >= 15 is 0 Å². The van der Waals surface area contributed by atoms with E-state index in [0.29, 0.717) is 25.3 Å². The van der Waals surface area contributed by atoms with Crippen molar-refractivity contribution in [2.24, 2.45) is 5.92 Å². The van der Waals surface area contributed by atoms with Crippen LogP contribution in [-0.4, -0.2) is 30.7 Å². The zero-order valence-corrected chi connectivity index (χ0v) is 15.8. The highest BCUT2D eigenvalue weighted by Gasteiger charge is 2.30. The van der Waals surface area contributed by atoms with Crippen molar-refractivity contribution in [3.63, 3.8) is 0 Å². The van der Waals surface area contributed by atoms with Gasteiger partial charge in [0, 0.05) is 36.9 Å². The maximum absolute atomic E-state index is 12.3. The highest BCUT2D eigenvalue weighted by atomic mass is 32.2. The molecule has 136 valence electrons. The molecule has 5 heteroatoms. The van der Waals surface area contributed by atoms with Crippen LogP contribution in [0.15, 0.2) is 54.6 Å². The van der Waals surface area contributed by atoms with Crippen LogP contribution in [0.4, 0.5) is 5.69 Å². The summed E-state index contributed by atoms with van der Waals surface area (Å²) in [5.41, 5.74) is 3.34. The predicted molar refractivity (Wildman–Crippen MR) is 107 cm³/mol. The molecule has 1 aliphatic heterocycles. The SMILES string of the molecule is Cc1ccc(N2CC(CNC(=O)CSCc3ccccc3)CC2=O)cc1. The summed E-state index contributed by atoms with van der Waals surface area (Å²) in [6.07, 6.45) is 0.491. The van der Waals surface area contributed by atoms with Gasteiger partial charge in [0.25, 0.3) is 0 Å². The maximum Gasteiger partial charge on any atom is 0.230 e. The number of aryl methyl sites for hydroxylation is 1. The van der Waals surface area contributed by atoms with E-state index in [9.17, 15) is 9.59 Å². The molecule has 26 heavy (non-hydrogen) atoms. The molecule has 0 bridgehead atoms. The van der Waals surface area contributed by atoms with Gasteiger partial charge in [-0.3, -0.25) is 9.59 Å². The Hall–Kier alpha value is -2.27. The molecule has 0 radical (unpaired) electrons. The summed E-state index contributed by atoms with van der Waals surface area (Å²) in [6.45, 7) is 3.25. The van der Waals surface area contributed by atoms with E-state index in [-0.39, 0.29) is 17.7 Å². The Balaban J connectivity index is 1.40. The van der Waals surface area contributed by atoms with Crippen molar-refractivity contribution in [1.82, 2.24) is 5.32 Å². The normalized spacial score (nSPS) is 16.7. The molecule has 0 spiro atoms. The molecule has 1 fully saturated rings. The van der Waals surface area contributed by atoms with Gasteiger partial charge in [-0.1, -0.05) is 48.0 Å². The zero-order chi connectivity index (χ0) is 18.4. The average molecular weight is 369 g/mol. The number of nitrogens with one attached hydrogen (secondary N) is 1. The second-order valence-corrected chi connectivity index (χ2v) is 7.68. The van der Waals surface area contributed by atoms with Gasteiger partial charge in [0.05, 0.1) is 5.75 Å². The van der Waals surface area contributed by atoms with Crippen LogP contribution >= 0.6 is 11.8 Å². The molecule has 1 atom stereocenters. The van der Waals surface area contributed by atoms with E-state index in [1.165, 1.54) is 11.1 Å². The van der Waals surface area contributed by atoms with Crippen molar-refractivity contribution in [2.45, 2.75) is 19.1 Å². The fourth-order valence-electron chi connectivity index (χ4n) is 3.04. The summed E-state index contributed by atoms with van der Waals surface area (Å²) in [4.78, 5) is 26.1. The van der Waals surface area contributed by atoms with E-state index in [1.54, 1.807) is 11.8 Å². The van der Waals surface area contributed by atoms with E-state index < -0.39 is 0 Å². The quantitative estimate of drug-likeness (QED) is 0.815. The molecule has 0 aliphatic carbocycles. The minimum Gasteiger partial charge on any atom is -0.355 e. The molecule has 1 aliphatic rings. The van der Waals surface area contributed by atoms with Crippen molar-refractivity contribution >= 4 is 29.3 Å². The van der Waals surface area contributed by atoms with Crippen LogP contribution in [0.3, 0.4) is 0 Å². The van der Waals surface area contributed by atoms with Crippen molar-refractivity contribution in [1.29, 1.82) is 0 Å². The lowest BCUT2D eigenvalue weighted by Crippen LogP contribution is -2.32. The van der Waals surface area contributed by atoms with Gasteiger partial charge in [-0.25, -0.2) is 0 Å². The third kappa shape index (κ3) is 5.11. The van der Waals surface area contributed by atoms with Gasteiger partial charge in [-0.2, -0.15) is 0 Å². The molecule has 3 rings (SSSR count). The molecule has 2 aromatic carbocycles. The van der Waals surface area contributed by atoms with Gasteiger partial charge in [0.1, 0.15) is 0 Å². The summed E-state index contributed by atoms with van der Waals surface area (Å²) >= 11 is 1.61. The largest absolute Gasteiger partial charge is 0.355 e. The monoisotopic (exact) mass is 368 g/mol. The minimum absolute atomic E-state index is 0.0344. The number of nitrogens with zero attached hydrogens (tertiary/aromatic N) is 1. The number of anilines is 1. The molecular formula is C21H24N2O2S. The summed E-state index contributed by atoms with van der Waals surface area (Å²) in [7, 11) is 0. The minimum atomic E-state index is 0.0344. The first-order chi connectivity index (χ1) is 12.6. The number of carbonyl (C=O) groups is 2. The van der Waals surface area contributed by atoms with Gasteiger partial charge in [-0.15, -0.1) is 11.8 Å². The molecule has 1 unspecified atom stereocenters. The lowest BCUT2D eigenvalue weighted by Gasteiger charge is -2.17. The van der Waals surface area contributed by atoms with Crippen molar-refractivity contribution in [3.05, 3.63) is 65.7 Å². The number of hydrogen-bond acceptors (Lipinski definition) is 3. The molecule has 0 aromatic heterocycles. The van der Waals surface area contributed by atoms with Crippen LogP contribution in [0.25, 0.3) is 0 Å². The Labute approximate surface area is 159 Å². The first kappa shape index (κ1) is 18.5. The van der Waals surface area contributed by atoms with Gasteiger partial charge < -0.3 is 10.2 Å². The van der Waals surface area contributed by atoms with E-state index in [4.69, 9.17) is 0 Å². The highest BCUT2D eigenvalue weighted by molar-refractivity contribution is 7.99. The van der Waals surface area contributed by atoms with Crippen molar-refractivity contribution < 1.29 is 9.59 Å². The Morgan fingerprint density at radius 2 is 1.88 bits per heavy atom. The van der Waals surface area contributed by atoms with Crippen LogP contribution in [0.1, 0.15) is 17.5 Å². The fourth-order valence-corrected chi connectivity index (χ4v) is 3.86. The van der Waals surface area contributed by atoms with Gasteiger partial charge in [0.15, 0.2) is 0 Å². The standard InChI is InChI=1S/C21H24N2O2S/c1-16-7-9-19(10-8-16)23-13-18(11-21(23)25)12-22-20(24)15-26-14-17-5-3-2-4-6-17/h2-10,18H,11-15H2,1H3,(H,22,24). The third-order valence-electron chi connectivity index (χ3n) is 4.48. The Morgan fingerprint density at radius 1 is 1.15 bits per heavy atom. The number of carbonyl (C=O) groups excluding carboxylic acids is 2. The van der Waals surface area contributed by atoms with Gasteiger partial charge in [-0.05, 0) is 24.6 Å². The second-order valence-electron chi connectivity index (χ2n) is 6.69. The zero-order valence-electron chi connectivity index (χ0n) is 15.0. The summed E-state index contributed by atoms with van der Waals surface area (Å²) < 4.78 is 0. The molecule has 2 aromatic rings. The highest BCUT2D eigenvalue weighted by Crippen LogP contribution is 2.25. The topological polar surface area (TPSA) is 49.4 Å². The molecule has 4 nitrogen and oxygen atoms in total. The van der Waals surface area contributed by atoms with Crippen LogP contribution < -0.4 is 10.2 Å². The Morgan fingerprint density at radius 3 is 2.62 bits per heavy atom. The number of hydrogen-bond donors (Lipinski definition) is 1. The van der Waals surface area contributed by atoms with Gasteiger partial charge in [0.2, 0.25) is 11.8 Å². The predicted octanol–water partition coefficient (Wildman–Crippen LogP) is 3.40. The number of rotatable bonds is 7.